The van der Waals surface area contributed by atoms with E-state index in [9.17, 15) is 13.2 Å². The van der Waals surface area contributed by atoms with Gasteiger partial charge >= 0.3 is 6.61 Å². The minimum Gasteiger partial charge on any atom is -0.434 e. The normalized spacial score (nSPS) is 11.1. The van der Waals surface area contributed by atoms with Gasteiger partial charge in [0, 0.05) is 10.2 Å². The third-order valence-corrected chi connectivity index (χ3v) is 4.52. The number of benzene rings is 1. The summed E-state index contributed by atoms with van der Waals surface area (Å²) in [6, 6.07) is 3.41. The van der Waals surface area contributed by atoms with Crippen molar-refractivity contribution in [2.24, 2.45) is 0 Å². The van der Waals surface area contributed by atoms with Crippen molar-refractivity contribution >= 4 is 27.3 Å². The van der Waals surface area contributed by atoms with Crippen molar-refractivity contribution in [1.82, 2.24) is 4.98 Å². The zero-order valence-corrected chi connectivity index (χ0v) is 12.2. The number of hydrogen-bond acceptors (Lipinski definition) is 3. The van der Waals surface area contributed by atoms with Crippen LogP contribution in [0.2, 0.25) is 0 Å². The molecule has 0 radical (unpaired) electrons. The first-order valence-electron chi connectivity index (χ1n) is 5.28. The molecule has 1 heterocycles. The molecule has 0 atom stereocenters. The Balaban J connectivity index is 2.49. The van der Waals surface area contributed by atoms with Gasteiger partial charge in [0.2, 0.25) is 0 Å². The van der Waals surface area contributed by atoms with E-state index in [4.69, 9.17) is 0 Å². The molecule has 0 aliphatic carbocycles. The summed E-state index contributed by atoms with van der Waals surface area (Å²) in [5.74, 6) is -0.601. The molecule has 0 fully saturated rings. The lowest BCUT2D eigenvalue weighted by atomic mass is 10.2. The van der Waals surface area contributed by atoms with Crippen molar-refractivity contribution in [3.8, 4) is 16.3 Å². The minimum absolute atomic E-state index is 0.0775. The molecule has 102 valence electrons. The summed E-state index contributed by atoms with van der Waals surface area (Å²) in [4.78, 5) is 5.22. The van der Waals surface area contributed by atoms with Gasteiger partial charge in [-0.1, -0.05) is 15.9 Å². The molecule has 0 bridgehead atoms. The molecule has 0 spiro atoms. The van der Waals surface area contributed by atoms with Crippen LogP contribution in [0, 0.1) is 12.7 Å². The molecule has 0 amide bonds. The van der Waals surface area contributed by atoms with Crippen molar-refractivity contribution in [2.75, 3.05) is 0 Å². The average molecular weight is 352 g/mol. The SMILES string of the molecule is Cc1nc(-c2cc(F)ccc2OC(F)F)sc1CBr. The summed E-state index contributed by atoms with van der Waals surface area (Å²) in [5, 5.41) is 1.07. The summed E-state index contributed by atoms with van der Waals surface area (Å²) in [7, 11) is 0. The van der Waals surface area contributed by atoms with E-state index in [0.29, 0.717) is 10.3 Å². The summed E-state index contributed by atoms with van der Waals surface area (Å²) < 4.78 is 42.3. The topological polar surface area (TPSA) is 22.1 Å². The van der Waals surface area contributed by atoms with Crippen molar-refractivity contribution < 1.29 is 17.9 Å². The molecule has 0 saturated heterocycles. The molecule has 1 aromatic carbocycles. The Bertz CT molecular complexity index is 588. The van der Waals surface area contributed by atoms with Crippen LogP contribution in [0.4, 0.5) is 13.2 Å². The molecular weight excluding hydrogens is 343 g/mol. The summed E-state index contributed by atoms with van der Waals surface area (Å²) in [6.45, 7) is -1.15. The summed E-state index contributed by atoms with van der Waals surface area (Å²) in [5.41, 5.74) is 1.02. The first-order valence-corrected chi connectivity index (χ1v) is 7.22. The second kappa shape index (κ2) is 5.92. The number of thiazole rings is 1. The van der Waals surface area contributed by atoms with Gasteiger partial charge in [-0.15, -0.1) is 11.3 Å². The van der Waals surface area contributed by atoms with Crippen LogP contribution in [-0.2, 0) is 5.33 Å². The quantitative estimate of drug-likeness (QED) is 0.741. The molecule has 0 unspecified atom stereocenters. The maximum atomic E-state index is 13.3. The van der Waals surface area contributed by atoms with Crippen molar-refractivity contribution in [3.63, 3.8) is 0 Å². The second-order valence-electron chi connectivity index (χ2n) is 3.68. The molecule has 0 aliphatic rings. The van der Waals surface area contributed by atoms with E-state index in [-0.39, 0.29) is 11.3 Å². The maximum Gasteiger partial charge on any atom is 0.387 e. The molecule has 2 nitrogen and oxygen atoms in total. The maximum absolute atomic E-state index is 13.3. The fraction of sp³-hybridized carbons (Fsp3) is 0.250. The van der Waals surface area contributed by atoms with Gasteiger partial charge in [-0.3, -0.25) is 0 Å². The van der Waals surface area contributed by atoms with E-state index in [2.05, 4.69) is 25.7 Å². The van der Waals surface area contributed by atoms with Crippen LogP contribution in [0.15, 0.2) is 18.2 Å². The first kappa shape index (κ1) is 14.3. The molecule has 0 aliphatic heterocycles. The predicted octanol–water partition coefficient (Wildman–Crippen LogP) is 4.75. The van der Waals surface area contributed by atoms with Gasteiger partial charge in [-0.2, -0.15) is 8.78 Å². The lowest BCUT2D eigenvalue weighted by Gasteiger charge is -2.08. The third-order valence-electron chi connectivity index (χ3n) is 2.40. The van der Waals surface area contributed by atoms with Crippen LogP contribution in [-0.4, -0.2) is 11.6 Å². The molecule has 19 heavy (non-hydrogen) atoms. The standard InChI is InChI=1S/C12H9BrF3NOS/c1-6-10(5-13)19-11(17-6)8-4-7(14)2-3-9(8)18-12(15)16/h2-4,12H,5H2,1H3. The van der Waals surface area contributed by atoms with Gasteiger partial charge in [0.15, 0.2) is 0 Å². The smallest absolute Gasteiger partial charge is 0.387 e. The zero-order valence-electron chi connectivity index (χ0n) is 9.79. The van der Waals surface area contributed by atoms with E-state index >= 15 is 0 Å². The van der Waals surface area contributed by atoms with Crippen LogP contribution in [0.5, 0.6) is 5.75 Å². The first-order chi connectivity index (χ1) is 9.01. The van der Waals surface area contributed by atoms with E-state index in [0.717, 1.165) is 22.7 Å². The number of alkyl halides is 3. The van der Waals surface area contributed by atoms with Gasteiger partial charge in [0.05, 0.1) is 11.3 Å². The van der Waals surface area contributed by atoms with Gasteiger partial charge in [-0.05, 0) is 25.1 Å². The third kappa shape index (κ3) is 3.27. The number of nitrogens with zero attached hydrogens (tertiary/aromatic N) is 1. The fourth-order valence-electron chi connectivity index (χ4n) is 1.54. The second-order valence-corrected chi connectivity index (χ2v) is 5.32. The number of aryl methyl sites for hydroxylation is 1. The highest BCUT2D eigenvalue weighted by Crippen LogP contribution is 2.36. The van der Waals surface area contributed by atoms with Gasteiger partial charge in [0.1, 0.15) is 16.6 Å². The Labute approximate surface area is 120 Å². The monoisotopic (exact) mass is 351 g/mol. The lowest BCUT2D eigenvalue weighted by Crippen LogP contribution is -2.03. The van der Waals surface area contributed by atoms with E-state index < -0.39 is 12.4 Å². The van der Waals surface area contributed by atoms with Crippen molar-refractivity contribution in [3.05, 3.63) is 34.6 Å². The van der Waals surface area contributed by atoms with Gasteiger partial charge in [0.25, 0.3) is 0 Å². The Morgan fingerprint density at radius 2 is 2.16 bits per heavy atom. The molecule has 2 aromatic rings. The number of aromatic nitrogens is 1. The highest BCUT2D eigenvalue weighted by molar-refractivity contribution is 9.08. The Hall–Kier alpha value is -1.08. The molecule has 2 rings (SSSR count). The molecule has 1 aromatic heterocycles. The highest BCUT2D eigenvalue weighted by Gasteiger charge is 2.16. The molecule has 0 saturated carbocycles. The average Bonchev–Trinajstić information content (AvgIpc) is 2.72. The van der Waals surface area contributed by atoms with Crippen molar-refractivity contribution in [2.45, 2.75) is 18.9 Å². The Morgan fingerprint density at radius 1 is 1.42 bits per heavy atom. The zero-order chi connectivity index (χ0) is 14.0. The number of halogens is 4. The van der Waals surface area contributed by atoms with E-state index in [1.807, 2.05) is 6.92 Å². The molecular formula is C12H9BrF3NOS. The summed E-state index contributed by atoms with van der Waals surface area (Å²) >= 11 is 4.63. The Kier molecular flexibility index (Phi) is 4.46. The predicted molar refractivity (Wildman–Crippen MR) is 71.5 cm³/mol. The number of hydrogen-bond donors (Lipinski definition) is 0. The van der Waals surface area contributed by atoms with Crippen molar-refractivity contribution in [1.29, 1.82) is 0 Å². The van der Waals surface area contributed by atoms with Gasteiger partial charge < -0.3 is 4.74 Å². The van der Waals surface area contributed by atoms with Crippen LogP contribution in [0.25, 0.3) is 10.6 Å². The molecule has 0 N–H and O–H groups in total. The minimum atomic E-state index is -2.96. The molecule has 7 heteroatoms. The van der Waals surface area contributed by atoms with Crippen LogP contribution >= 0.6 is 27.3 Å². The number of rotatable bonds is 4. The Morgan fingerprint density at radius 3 is 2.74 bits per heavy atom. The number of ether oxygens (including phenoxy) is 1. The largest absolute Gasteiger partial charge is 0.434 e. The van der Waals surface area contributed by atoms with Gasteiger partial charge in [-0.25, -0.2) is 9.37 Å². The lowest BCUT2D eigenvalue weighted by molar-refractivity contribution is -0.0494. The van der Waals surface area contributed by atoms with E-state index in [1.165, 1.54) is 17.4 Å². The van der Waals surface area contributed by atoms with Crippen LogP contribution in [0.3, 0.4) is 0 Å². The fourth-order valence-corrected chi connectivity index (χ4v) is 3.22. The summed E-state index contributed by atoms with van der Waals surface area (Å²) in [6.07, 6.45) is 0. The van der Waals surface area contributed by atoms with Crippen LogP contribution in [0.1, 0.15) is 10.6 Å². The van der Waals surface area contributed by atoms with E-state index in [1.54, 1.807) is 0 Å². The van der Waals surface area contributed by atoms with Crippen LogP contribution < -0.4 is 4.74 Å². The highest BCUT2D eigenvalue weighted by atomic mass is 79.9.